The lowest BCUT2D eigenvalue weighted by Gasteiger charge is -2.14. The second-order valence-corrected chi connectivity index (χ2v) is 3.72. The molecule has 0 aromatic carbocycles. The maximum Gasteiger partial charge on any atom is 0.419 e. The van der Waals surface area contributed by atoms with Crippen LogP contribution in [-0.2, 0) is 12.7 Å². The van der Waals surface area contributed by atoms with E-state index in [9.17, 15) is 13.2 Å². The van der Waals surface area contributed by atoms with Crippen LogP contribution in [0.3, 0.4) is 0 Å². The molecule has 3 nitrogen and oxygen atoms in total. The third-order valence-electron chi connectivity index (χ3n) is 2.41. The van der Waals surface area contributed by atoms with Gasteiger partial charge in [0.2, 0.25) is 0 Å². The van der Waals surface area contributed by atoms with Crippen molar-refractivity contribution >= 4 is 0 Å². The number of nitrogens with zero attached hydrogens (tertiary/aromatic N) is 2. The highest BCUT2D eigenvalue weighted by atomic mass is 19.4. The molecule has 1 aromatic heterocycles. The van der Waals surface area contributed by atoms with E-state index < -0.39 is 11.7 Å². The zero-order valence-electron chi connectivity index (χ0n) is 9.38. The number of nitrogens with one attached hydrogen (secondary N) is 1. The van der Waals surface area contributed by atoms with Crippen LogP contribution in [0.5, 0.6) is 0 Å². The summed E-state index contributed by atoms with van der Waals surface area (Å²) in [5, 5.41) is 6.77. The monoisotopic (exact) mass is 235 g/mol. The number of alkyl halides is 3. The molecule has 0 spiro atoms. The number of halogens is 3. The lowest BCUT2D eigenvalue weighted by Crippen LogP contribution is -2.30. The van der Waals surface area contributed by atoms with Crippen molar-refractivity contribution in [2.45, 2.75) is 38.5 Å². The summed E-state index contributed by atoms with van der Waals surface area (Å²) in [6.45, 7) is 2.50. The van der Waals surface area contributed by atoms with Gasteiger partial charge in [0.15, 0.2) is 0 Å². The van der Waals surface area contributed by atoms with Gasteiger partial charge in [-0.25, -0.2) is 0 Å². The Morgan fingerprint density at radius 1 is 1.50 bits per heavy atom. The Hall–Kier alpha value is -1.04. The normalized spacial score (nSPS) is 14.1. The first kappa shape index (κ1) is 13.0. The molecule has 1 N–H and O–H groups in total. The molecule has 1 atom stereocenters. The minimum atomic E-state index is -4.31. The second-order valence-electron chi connectivity index (χ2n) is 3.72. The van der Waals surface area contributed by atoms with Crippen LogP contribution in [0.1, 0.15) is 25.3 Å². The molecule has 0 aliphatic carbocycles. The maximum atomic E-state index is 12.3. The van der Waals surface area contributed by atoms with Gasteiger partial charge in [-0.3, -0.25) is 4.68 Å². The Morgan fingerprint density at radius 3 is 2.62 bits per heavy atom. The number of hydrogen-bond donors (Lipinski definition) is 1. The van der Waals surface area contributed by atoms with E-state index in [1.165, 1.54) is 4.68 Å². The predicted octanol–water partition coefficient (Wildman–Crippen LogP) is 2.29. The number of hydrogen-bond acceptors (Lipinski definition) is 2. The SMILES string of the molecule is CCCC(Cn1cc(C(F)(F)F)cn1)NC. The van der Waals surface area contributed by atoms with Gasteiger partial charge in [0.1, 0.15) is 0 Å². The molecule has 92 valence electrons. The fourth-order valence-corrected chi connectivity index (χ4v) is 1.51. The van der Waals surface area contributed by atoms with Gasteiger partial charge in [-0.2, -0.15) is 18.3 Å². The van der Waals surface area contributed by atoms with Crippen LogP contribution >= 0.6 is 0 Å². The number of rotatable bonds is 5. The Kier molecular flexibility index (Phi) is 4.35. The van der Waals surface area contributed by atoms with E-state index in [0.717, 1.165) is 25.2 Å². The molecule has 0 saturated heterocycles. The molecule has 0 aliphatic heterocycles. The highest BCUT2D eigenvalue weighted by Crippen LogP contribution is 2.28. The molecule has 0 saturated carbocycles. The first-order chi connectivity index (χ1) is 7.47. The molecule has 16 heavy (non-hydrogen) atoms. The molecular weight excluding hydrogens is 219 g/mol. The van der Waals surface area contributed by atoms with Gasteiger partial charge in [-0.1, -0.05) is 13.3 Å². The first-order valence-corrected chi connectivity index (χ1v) is 5.24. The Labute approximate surface area is 92.6 Å². The fourth-order valence-electron chi connectivity index (χ4n) is 1.51. The van der Waals surface area contributed by atoms with Gasteiger partial charge in [0.05, 0.1) is 18.3 Å². The summed E-state index contributed by atoms with van der Waals surface area (Å²) in [6.07, 6.45) is -0.507. The van der Waals surface area contributed by atoms with Gasteiger partial charge in [0, 0.05) is 12.2 Å². The maximum absolute atomic E-state index is 12.3. The third kappa shape index (κ3) is 3.52. The summed E-state index contributed by atoms with van der Waals surface area (Å²) in [5.74, 6) is 0. The Bertz CT molecular complexity index is 319. The molecule has 0 fully saturated rings. The van der Waals surface area contributed by atoms with Crippen LogP contribution in [-0.4, -0.2) is 22.9 Å². The summed E-state index contributed by atoms with van der Waals surface area (Å²) < 4.78 is 38.2. The second kappa shape index (κ2) is 5.34. The van der Waals surface area contributed by atoms with Crippen molar-refractivity contribution in [1.82, 2.24) is 15.1 Å². The van der Waals surface area contributed by atoms with Crippen molar-refractivity contribution in [2.24, 2.45) is 0 Å². The quantitative estimate of drug-likeness (QED) is 0.848. The summed E-state index contributed by atoms with van der Waals surface area (Å²) in [7, 11) is 1.80. The molecule has 6 heteroatoms. The standard InChI is InChI=1S/C10H16F3N3/c1-3-4-9(14-2)7-16-6-8(5-15-16)10(11,12)13/h5-6,9,14H,3-4,7H2,1-2H3. The minimum Gasteiger partial charge on any atom is -0.315 e. The molecule has 1 aromatic rings. The van der Waals surface area contributed by atoms with Crippen molar-refractivity contribution < 1.29 is 13.2 Å². The summed E-state index contributed by atoms with van der Waals surface area (Å²) in [5.41, 5.74) is -0.696. The zero-order chi connectivity index (χ0) is 12.2. The lowest BCUT2D eigenvalue weighted by atomic mass is 10.2. The molecule has 0 amide bonds. The molecular formula is C10H16F3N3. The summed E-state index contributed by atoms with van der Waals surface area (Å²) in [4.78, 5) is 0. The molecule has 1 rings (SSSR count). The van der Waals surface area contributed by atoms with Crippen LogP contribution in [0.4, 0.5) is 13.2 Å². The average Bonchev–Trinajstić information content (AvgIpc) is 2.65. The summed E-state index contributed by atoms with van der Waals surface area (Å²) >= 11 is 0. The van der Waals surface area contributed by atoms with Gasteiger partial charge in [0.25, 0.3) is 0 Å². The molecule has 1 unspecified atom stereocenters. The molecule has 0 bridgehead atoms. The van der Waals surface area contributed by atoms with Gasteiger partial charge >= 0.3 is 6.18 Å². The van der Waals surface area contributed by atoms with E-state index in [-0.39, 0.29) is 6.04 Å². The van der Waals surface area contributed by atoms with E-state index >= 15 is 0 Å². The van der Waals surface area contributed by atoms with Crippen LogP contribution < -0.4 is 5.32 Å². The van der Waals surface area contributed by atoms with Crippen molar-refractivity contribution in [3.05, 3.63) is 18.0 Å². The van der Waals surface area contributed by atoms with Crippen molar-refractivity contribution in [1.29, 1.82) is 0 Å². The minimum absolute atomic E-state index is 0.158. The van der Waals surface area contributed by atoms with Crippen LogP contribution in [0.2, 0.25) is 0 Å². The fraction of sp³-hybridized carbons (Fsp3) is 0.700. The van der Waals surface area contributed by atoms with Crippen molar-refractivity contribution in [3.8, 4) is 0 Å². The number of aromatic nitrogens is 2. The van der Waals surface area contributed by atoms with E-state index in [0.29, 0.717) is 6.54 Å². The van der Waals surface area contributed by atoms with Gasteiger partial charge in [-0.05, 0) is 13.5 Å². The van der Waals surface area contributed by atoms with Crippen LogP contribution in [0, 0.1) is 0 Å². The van der Waals surface area contributed by atoms with E-state index in [1.807, 2.05) is 6.92 Å². The topological polar surface area (TPSA) is 29.9 Å². The molecule has 0 radical (unpaired) electrons. The van der Waals surface area contributed by atoms with Gasteiger partial charge < -0.3 is 5.32 Å². The smallest absolute Gasteiger partial charge is 0.315 e. The van der Waals surface area contributed by atoms with E-state index in [1.54, 1.807) is 7.05 Å². The Morgan fingerprint density at radius 2 is 2.19 bits per heavy atom. The molecule has 1 heterocycles. The van der Waals surface area contributed by atoms with E-state index in [4.69, 9.17) is 0 Å². The Balaban J connectivity index is 2.64. The average molecular weight is 235 g/mol. The molecule has 0 aliphatic rings. The summed E-state index contributed by atoms with van der Waals surface area (Å²) in [6, 6.07) is 0.158. The highest BCUT2D eigenvalue weighted by Gasteiger charge is 2.32. The van der Waals surface area contributed by atoms with Crippen LogP contribution in [0.25, 0.3) is 0 Å². The van der Waals surface area contributed by atoms with E-state index in [2.05, 4.69) is 10.4 Å². The van der Waals surface area contributed by atoms with Gasteiger partial charge in [-0.15, -0.1) is 0 Å². The van der Waals surface area contributed by atoms with Crippen LogP contribution in [0.15, 0.2) is 12.4 Å². The number of likely N-dealkylation sites (N-methyl/N-ethyl adjacent to an activating group) is 1. The predicted molar refractivity (Wildman–Crippen MR) is 55.0 cm³/mol. The third-order valence-corrected chi connectivity index (χ3v) is 2.41. The van der Waals surface area contributed by atoms with Crippen molar-refractivity contribution in [2.75, 3.05) is 7.05 Å². The lowest BCUT2D eigenvalue weighted by molar-refractivity contribution is -0.137. The van der Waals surface area contributed by atoms with Crippen molar-refractivity contribution in [3.63, 3.8) is 0 Å². The first-order valence-electron chi connectivity index (χ1n) is 5.24. The zero-order valence-corrected chi connectivity index (χ0v) is 9.38. The highest BCUT2D eigenvalue weighted by molar-refractivity contribution is 5.08. The largest absolute Gasteiger partial charge is 0.419 e.